The van der Waals surface area contributed by atoms with Crippen LogP contribution in [0.25, 0.3) is 0 Å². The first-order chi connectivity index (χ1) is 6.06. The lowest BCUT2D eigenvalue weighted by molar-refractivity contribution is 0.00637. The SMILES string of the molecule is CC(C)(O)C(C)(C)NS(=O)(=O)C1CC1. The Kier molecular flexibility index (Phi) is 2.71. The maximum absolute atomic E-state index is 11.6. The van der Waals surface area contributed by atoms with Gasteiger partial charge in [0.15, 0.2) is 0 Å². The molecular weight excluding hydrogens is 202 g/mol. The van der Waals surface area contributed by atoms with Crippen LogP contribution in [0.1, 0.15) is 40.5 Å². The van der Waals surface area contributed by atoms with Gasteiger partial charge in [0.1, 0.15) is 0 Å². The van der Waals surface area contributed by atoms with Gasteiger partial charge < -0.3 is 5.11 Å². The van der Waals surface area contributed by atoms with Crippen LogP contribution in [-0.2, 0) is 10.0 Å². The van der Waals surface area contributed by atoms with Crippen molar-refractivity contribution in [1.82, 2.24) is 4.72 Å². The topological polar surface area (TPSA) is 66.4 Å². The Morgan fingerprint density at radius 2 is 1.64 bits per heavy atom. The fourth-order valence-electron chi connectivity index (χ4n) is 0.942. The van der Waals surface area contributed by atoms with E-state index in [2.05, 4.69) is 4.72 Å². The minimum atomic E-state index is -3.24. The lowest BCUT2D eigenvalue weighted by atomic mass is 9.87. The molecule has 1 rings (SSSR count). The summed E-state index contributed by atoms with van der Waals surface area (Å²) in [6.45, 7) is 6.57. The second-order valence-corrected chi connectivity index (χ2v) is 6.99. The van der Waals surface area contributed by atoms with Gasteiger partial charge in [-0.1, -0.05) is 0 Å². The van der Waals surface area contributed by atoms with Gasteiger partial charge in [-0.3, -0.25) is 0 Å². The van der Waals surface area contributed by atoms with Gasteiger partial charge in [0, 0.05) is 0 Å². The summed E-state index contributed by atoms with van der Waals surface area (Å²) in [4.78, 5) is 0. The van der Waals surface area contributed by atoms with E-state index >= 15 is 0 Å². The lowest BCUT2D eigenvalue weighted by Gasteiger charge is -2.37. The molecule has 0 aromatic heterocycles. The summed E-state index contributed by atoms with van der Waals surface area (Å²) in [5, 5.41) is 9.54. The predicted molar refractivity (Wildman–Crippen MR) is 55.5 cm³/mol. The maximum Gasteiger partial charge on any atom is 0.215 e. The Bertz CT molecular complexity index is 309. The van der Waals surface area contributed by atoms with Gasteiger partial charge in [-0.2, -0.15) is 0 Å². The van der Waals surface area contributed by atoms with Crippen LogP contribution in [0.4, 0.5) is 0 Å². The predicted octanol–water partition coefficient (Wildman–Crippen LogP) is 0.618. The smallest absolute Gasteiger partial charge is 0.215 e. The molecule has 1 saturated carbocycles. The number of hydrogen-bond acceptors (Lipinski definition) is 3. The molecule has 0 atom stereocenters. The Morgan fingerprint density at radius 1 is 1.21 bits per heavy atom. The van der Waals surface area contributed by atoms with E-state index in [0.29, 0.717) is 0 Å². The van der Waals surface area contributed by atoms with Crippen molar-refractivity contribution in [2.24, 2.45) is 0 Å². The molecule has 1 fully saturated rings. The number of aliphatic hydroxyl groups is 1. The van der Waals surface area contributed by atoms with E-state index in [-0.39, 0.29) is 5.25 Å². The minimum Gasteiger partial charge on any atom is -0.389 e. The van der Waals surface area contributed by atoms with Gasteiger partial charge in [-0.25, -0.2) is 13.1 Å². The van der Waals surface area contributed by atoms with Gasteiger partial charge in [0.25, 0.3) is 0 Å². The highest BCUT2D eigenvalue weighted by Gasteiger charge is 2.43. The molecule has 0 aliphatic heterocycles. The zero-order chi connectivity index (χ0) is 11.2. The van der Waals surface area contributed by atoms with E-state index in [9.17, 15) is 13.5 Å². The first-order valence-electron chi connectivity index (χ1n) is 4.81. The third-order valence-corrected chi connectivity index (χ3v) is 5.03. The number of sulfonamides is 1. The monoisotopic (exact) mass is 221 g/mol. The van der Waals surface area contributed by atoms with Crippen LogP contribution >= 0.6 is 0 Å². The zero-order valence-electron chi connectivity index (χ0n) is 9.16. The molecule has 4 nitrogen and oxygen atoms in total. The van der Waals surface area contributed by atoms with E-state index in [0.717, 1.165) is 12.8 Å². The molecule has 0 radical (unpaired) electrons. The van der Waals surface area contributed by atoms with Gasteiger partial charge >= 0.3 is 0 Å². The Hall–Kier alpha value is -0.130. The van der Waals surface area contributed by atoms with Crippen LogP contribution < -0.4 is 4.72 Å². The van der Waals surface area contributed by atoms with Crippen LogP contribution in [0, 0.1) is 0 Å². The molecule has 2 N–H and O–H groups in total. The molecule has 0 aromatic carbocycles. The summed E-state index contributed by atoms with van der Waals surface area (Å²) in [5.41, 5.74) is -1.91. The molecular formula is C9H19NO3S. The molecule has 1 aliphatic carbocycles. The average Bonchev–Trinajstić information content (AvgIpc) is 2.59. The first-order valence-corrected chi connectivity index (χ1v) is 6.36. The number of hydrogen-bond donors (Lipinski definition) is 2. The first kappa shape index (κ1) is 11.9. The van der Waals surface area contributed by atoms with Gasteiger partial charge in [0.2, 0.25) is 10.0 Å². The summed E-state index contributed by atoms with van der Waals surface area (Å²) >= 11 is 0. The van der Waals surface area contributed by atoms with Crippen molar-refractivity contribution in [2.75, 3.05) is 0 Å². The van der Waals surface area contributed by atoms with E-state index in [1.54, 1.807) is 27.7 Å². The van der Waals surface area contributed by atoms with E-state index in [1.807, 2.05) is 0 Å². The molecule has 1 aliphatic rings. The van der Waals surface area contributed by atoms with Crippen LogP contribution in [0.5, 0.6) is 0 Å². The van der Waals surface area contributed by atoms with E-state index < -0.39 is 21.2 Å². The largest absolute Gasteiger partial charge is 0.389 e. The van der Waals surface area contributed by atoms with Crippen molar-refractivity contribution in [2.45, 2.75) is 56.9 Å². The molecule has 0 amide bonds. The summed E-state index contributed by atoms with van der Waals surface area (Å²) in [6, 6.07) is 0. The maximum atomic E-state index is 11.6. The molecule has 84 valence electrons. The van der Waals surface area contributed by atoms with Crippen LogP contribution in [0.15, 0.2) is 0 Å². The molecule has 0 saturated heterocycles. The molecule has 0 aromatic rings. The summed E-state index contributed by atoms with van der Waals surface area (Å²) in [7, 11) is -3.24. The lowest BCUT2D eigenvalue weighted by Crippen LogP contribution is -2.58. The number of nitrogens with one attached hydrogen (secondary N) is 1. The van der Waals surface area contributed by atoms with Gasteiger partial charge in [-0.15, -0.1) is 0 Å². The molecule has 0 unspecified atom stereocenters. The standard InChI is InChI=1S/C9H19NO3S/c1-8(2,9(3,4)11)10-14(12,13)7-5-6-7/h7,10-11H,5-6H2,1-4H3. The quantitative estimate of drug-likeness (QED) is 0.731. The molecule has 0 spiro atoms. The number of rotatable bonds is 4. The van der Waals surface area contributed by atoms with Gasteiger partial charge in [0.05, 0.1) is 16.4 Å². The van der Waals surface area contributed by atoms with Crippen LogP contribution in [0.3, 0.4) is 0 Å². The highest BCUT2D eigenvalue weighted by Crippen LogP contribution is 2.30. The second-order valence-electron chi connectivity index (χ2n) is 5.03. The minimum absolute atomic E-state index is 0.246. The Balaban J connectivity index is 2.77. The van der Waals surface area contributed by atoms with Crippen molar-refractivity contribution in [3.8, 4) is 0 Å². The van der Waals surface area contributed by atoms with Crippen LogP contribution in [-0.4, -0.2) is 29.9 Å². The van der Waals surface area contributed by atoms with Crippen molar-refractivity contribution in [1.29, 1.82) is 0 Å². The highest BCUT2D eigenvalue weighted by atomic mass is 32.2. The van der Waals surface area contributed by atoms with Crippen molar-refractivity contribution in [3.05, 3.63) is 0 Å². The summed E-state index contributed by atoms with van der Waals surface area (Å²) < 4.78 is 25.8. The van der Waals surface area contributed by atoms with Crippen molar-refractivity contribution < 1.29 is 13.5 Å². The average molecular weight is 221 g/mol. The molecule has 5 heteroatoms. The fourth-order valence-corrected chi connectivity index (χ4v) is 2.83. The Morgan fingerprint density at radius 3 is 1.93 bits per heavy atom. The van der Waals surface area contributed by atoms with Crippen molar-refractivity contribution >= 4 is 10.0 Å². The third-order valence-electron chi connectivity index (χ3n) is 2.89. The van der Waals surface area contributed by atoms with Crippen molar-refractivity contribution in [3.63, 3.8) is 0 Å². The fraction of sp³-hybridized carbons (Fsp3) is 1.00. The molecule has 0 heterocycles. The van der Waals surface area contributed by atoms with E-state index in [4.69, 9.17) is 0 Å². The Labute approximate surface area is 85.8 Å². The van der Waals surface area contributed by atoms with E-state index in [1.165, 1.54) is 0 Å². The third kappa shape index (κ3) is 2.46. The zero-order valence-corrected chi connectivity index (χ0v) is 9.98. The van der Waals surface area contributed by atoms with Gasteiger partial charge in [-0.05, 0) is 40.5 Å². The van der Waals surface area contributed by atoms with Crippen LogP contribution in [0.2, 0.25) is 0 Å². The molecule has 14 heavy (non-hydrogen) atoms. The summed E-state index contributed by atoms with van der Waals surface area (Å²) in [6.07, 6.45) is 1.47. The second kappa shape index (κ2) is 3.18. The summed E-state index contributed by atoms with van der Waals surface area (Å²) in [5.74, 6) is 0. The normalized spacial score (nSPS) is 19.8. The highest BCUT2D eigenvalue weighted by molar-refractivity contribution is 7.90. The molecule has 0 bridgehead atoms.